The van der Waals surface area contributed by atoms with Gasteiger partial charge in [0.2, 0.25) is 0 Å². The molecule has 0 spiro atoms. The van der Waals surface area contributed by atoms with Crippen LogP contribution in [0.5, 0.6) is 0 Å². The van der Waals surface area contributed by atoms with Crippen LogP contribution >= 0.6 is 0 Å². The molecule has 62 valence electrons. The molecule has 0 saturated carbocycles. The Hall–Kier alpha value is -1.24. The molecule has 0 N–H and O–H groups in total. The summed E-state index contributed by atoms with van der Waals surface area (Å²) in [4.78, 5) is 0. The average molecular weight is 160 g/mol. The third kappa shape index (κ3) is 0.934. The van der Waals surface area contributed by atoms with Gasteiger partial charge in [0.1, 0.15) is 5.58 Å². The normalized spacial score (nSPS) is 10.8. The third-order valence-electron chi connectivity index (χ3n) is 2.26. The van der Waals surface area contributed by atoms with Gasteiger partial charge in [0.15, 0.2) is 0 Å². The molecule has 12 heavy (non-hydrogen) atoms. The number of para-hydroxylation sites is 1. The van der Waals surface area contributed by atoms with Crippen LogP contribution in [0.2, 0.25) is 0 Å². The van der Waals surface area contributed by atoms with Crippen molar-refractivity contribution >= 4 is 11.0 Å². The van der Waals surface area contributed by atoms with Gasteiger partial charge < -0.3 is 4.42 Å². The molecule has 0 fully saturated rings. The Labute approximate surface area is 72.0 Å². The molecule has 0 saturated heterocycles. The van der Waals surface area contributed by atoms with Crippen molar-refractivity contribution in [3.63, 3.8) is 0 Å². The first-order chi connectivity index (χ1) is 5.83. The molecule has 0 atom stereocenters. The van der Waals surface area contributed by atoms with Crippen molar-refractivity contribution in [2.75, 3.05) is 0 Å². The Morgan fingerprint density at radius 1 is 1.33 bits per heavy atom. The van der Waals surface area contributed by atoms with Crippen LogP contribution in [0.25, 0.3) is 11.0 Å². The summed E-state index contributed by atoms with van der Waals surface area (Å²) in [5.74, 6) is 0. The van der Waals surface area contributed by atoms with Gasteiger partial charge in [-0.25, -0.2) is 0 Å². The summed E-state index contributed by atoms with van der Waals surface area (Å²) < 4.78 is 5.47. The molecule has 0 amide bonds. The summed E-state index contributed by atoms with van der Waals surface area (Å²) in [5, 5.41) is 1.26. The van der Waals surface area contributed by atoms with Crippen molar-refractivity contribution in [2.24, 2.45) is 0 Å². The molecule has 2 rings (SSSR count). The molecule has 0 aliphatic heterocycles. The van der Waals surface area contributed by atoms with Crippen LogP contribution in [-0.4, -0.2) is 0 Å². The SMILES string of the molecule is CCc1coc2c(C)cccc12. The van der Waals surface area contributed by atoms with E-state index in [1.165, 1.54) is 16.5 Å². The zero-order valence-electron chi connectivity index (χ0n) is 7.42. The van der Waals surface area contributed by atoms with E-state index in [0.29, 0.717) is 0 Å². The van der Waals surface area contributed by atoms with E-state index in [1.807, 2.05) is 6.26 Å². The number of hydrogen-bond donors (Lipinski definition) is 0. The lowest BCUT2D eigenvalue weighted by molar-refractivity contribution is 0.608. The van der Waals surface area contributed by atoms with Crippen molar-refractivity contribution in [1.29, 1.82) is 0 Å². The second-order valence-electron chi connectivity index (χ2n) is 3.07. The summed E-state index contributed by atoms with van der Waals surface area (Å²) in [6.45, 7) is 4.22. The molecule has 1 heteroatoms. The second kappa shape index (κ2) is 2.67. The minimum atomic E-state index is 1.04. The van der Waals surface area contributed by atoms with Crippen molar-refractivity contribution < 1.29 is 4.42 Å². The highest BCUT2D eigenvalue weighted by molar-refractivity contribution is 5.83. The topological polar surface area (TPSA) is 13.1 Å². The highest BCUT2D eigenvalue weighted by Crippen LogP contribution is 2.23. The van der Waals surface area contributed by atoms with Crippen LogP contribution in [0.1, 0.15) is 18.1 Å². The number of furan rings is 1. The van der Waals surface area contributed by atoms with Gasteiger partial charge in [0.25, 0.3) is 0 Å². The summed E-state index contributed by atoms with van der Waals surface area (Å²) in [7, 11) is 0. The molecule has 0 aliphatic carbocycles. The molecule has 0 radical (unpaired) electrons. The lowest BCUT2D eigenvalue weighted by Gasteiger charge is -1.93. The average Bonchev–Trinajstić information content (AvgIpc) is 2.49. The van der Waals surface area contributed by atoms with E-state index in [0.717, 1.165) is 12.0 Å². The van der Waals surface area contributed by atoms with E-state index in [2.05, 4.69) is 32.0 Å². The third-order valence-corrected chi connectivity index (χ3v) is 2.26. The zero-order valence-corrected chi connectivity index (χ0v) is 7.42. The molecular weight excluding hydrogens is 148 g/mol. The molecule has 1 nitrogen and oxygen atoms in total. The largest absolute Gasteiger partial charge is 0.464 e. The first kappa shape index (κ1) is 7.41. The molecular formula is C11H12O. The van der Waals surface area contributed by atoms with E-state index >= 15 is 0 Å². The fourth-order valence-corrected chi connectivity index (χ4v) is 1.53. The van der Waals surface area contributed by atoms with Crippen molar-refractivity contribution in [3.05, 3.63) is 35.6 Å². The summed E-state index contributed by atoms with van der Waals surface area (Å²) in [6, 6.07) is 6.27. The number of aryl methyl sites for hydroxylation is 2. The van der Waals surface area contributed by atoms with E-state index in [1.54, 1.807) is 0 Å². The second-order valence-corrected chi connectivity index (χ2v) is 3.07. The van der Waals surface area contributed by atoms with Gasteiger partial charge in [-0.2, -0.15) is 0 Å². The van der Waals surface area contributed by atoms with Crippen molar-refractivity contribution in [2.45, 2.75) is 20.3 Å². The Kier molecular flexibility index (Phi) is 1.65. The van der Waals surface area contributed by atoms with Gasteiger partial charge in [-0.1, -0.05) is 25.1 Å². The Morgan fingerprint density at radius 3 is 2.92 bits per heavy atom. The summed E-state index contributed by atoms with van der Waals surface area (Å²) >= 11 is 0. The number of benzene rings is 1. The van der Waals surface area contributed by atoms with Crippen LogP contribution in [0.15, 0.2) is 28.9 Å². The van der Waals surface area contributed by atoms with Crippen LogP contribution < -0.4 is 0 Å². The number of rotatable bonds is 1. The van der Waals surface area contributed by atoms with Gasteiger partial charge in [0, 0.05) is 5.39 Å². The fourth-order valence-electron chi connectivity index (χ4n) is 1.53. The lowest BCUT2D eigenvalue weighted by Crippen LogP contribution is -1.76. The maximum atomic E-state index is 5.47. The highest BCUT2D eigenvalue weighted by atomic mass is 16.3. The highest BCUT2D eigenvalue weighted by Gasteiger charge is 2.04. The number of hydrogen-bond acceptors (Lipinski definition) is 1. The van der Waals surface area contributed by atoms with E-state index in [9.17, 15) is 0 Å². The molecule has 1 aromatic heterocycles. The fraction of sp³-hybridized carbons (Fsp3) is 0.273. The molecule has 0 bridgehead atoms. The van der Waals surface area contributed by atoms with Gasteiger partial charge in [-0.15, -0.1) is 0 Å². The Morgan fingerprint density at radius 2 is 2.17 bits per heavy atom. The molecule has 1 heterocycles. The standard InChI is InChI=1S/C11H12O/c1-3-9-7-12-11-8(2)5-4-6-10(9)11/h4-7H,3H2,1-2H3. The predicted octanol–water partition coefficient (Wildman–Crippen LogP) is 3.30. The van der Waals surface area contributed by atoms with E-state index in [4.69, 9.17) is 4.42 Å². The van der Waals surface area contributed by atoms with E-state index < -0.39 is 0 Å². The zero-order chi connectivity index (χ0) is 8.55. The lowest BCUT2D eigenvalue weighted by atomic mass is 10.1. The Balaban J connectivity index is 2.80. The summed E-state index contributed by atoms with van der Waals surface area (Å²) in [5.41, 5.74) is 3.55. The van der Waals surface area contributed by atoms with Gasteiger partial charge in [0.05, 0.1) is 6.26 Å². The van der Waals surface area contributed by atoms with Crippen LogP contribution in [0.3, 0.4) is 0 Å². The van der Waals surface area contributed by atoms with Crippen LogP contribution in [0.4, 0.5) is 0 Å². The Bertz CT molecular complexity index is 398. The van der Waals surface area contributed by atoms with Gasteiger partial charge in [-0.3, -0.25) is 0 Å². The molecule has 0 unspecified atom stereocenters. The van der Waals surface area contributed by atoms with Crippen molar-refractivity contribution in [3.8, 4) is 0 Å². The summed E-state index contributed by atoms with van der Waals surface area (Å²) in [6.07, 6.45) is 2.90. The molecule has 0 aliphatic rings. The smallest absolute Gasteiger partial charge is 0.137 e. The minimum absolute atomic E-state index is 1.04. The maximum absolute atomic E-state index is 5.47. The predicted molar refractivity (Wildman–Crippen MR) is 50.3 cm³/mol. The quantitative estimate of drug-likeness (QED) is 0.623. The minimum Gasteiger partial charge on any atom is -0.464 e. The molecule has 2 aromatic rings. The monoisotopic (exact) mass is 160 g/mol. The van der Waals surface area contributed by atoms with Gasteiger partial charge in [-0.05, 0) is 24.5 Å². The number of fused-ring (bicyclic) bond motifs is 1. The van der Waals surface area contributed by atoms with Crippen LogP contribution in [0, 0.1) is 6.92 Å². The van der Waals surface area contributed by atoms with E-state index in [-0.39, 0.29) is 0 Å². The maximum Gasteiger partial charge on any atom is 0.137 e. The molecule has 1 aromatic carbocycles. The van der Waals surface area contributed by atoms with Crippen molar-refractivity contribution in [1.82, 2.24) is 0 Å². The first-order valence-corrected chi connectivity index (χ1v) is 4.28. The van der Waals surface area contributed by atoms with Gasteiger partial charge >= 0.3 is 0 Å². The van der Waals surface area contributed by atoms with Crippen LogP contribution in [-0.2, 0) is 6.42 Å². The first-order valence-electron chi connectivity index (χ1n) is 4.28.